The molecule has 0 spiro atoms. The molecule has 0 saturated heterocycles. The monoisotopic (exact) mass is 278 g/mol. The number of nitrogens with one attached hydrogen (secondary N) is 1. The highest BCUT2D eigenvalue weighted by atomic mass is 19.1. The molecule has 106 valence electrons. The van der Waals surface area contributed by atoms with E-state index in [0.29, 0.717) is 18.0 Å². The van der Waals surface area contributed by atoms with Gasteiger partial charge in [-0.05, 0) is 25.5 Å². The fraction of sp³-hybridized carbons (Fsp3) is 0.286. The zero-order valence-corrected chi connectivity index (χ0v) is 11.1. The van der Waals surface area contributed by atoms with Crippen LogP contribution in [0.15, 0.2) is 34.9 Å². The number of amides is 1. The van der Waals surface area contributed by atoms with Gasteiger partial charge in [-0.2, -0.15) is 0 Å². The third-order valence-corrected chi connectivity index (χ3v) is 2.54. The molecule has 0 unspecified atom stereocenters. The van der Waals surface area contributed by atoms with E-state index in [4.69, 9.17) is 9.26 Å². The average Bonchev–Trinajstić information content (AvgIpc) is 2.82. The molecule has 0 atom stereocenters. The Balaban J connectivity index is 1.68. The molecule has 2 aromatic rings. The number of carbonyl (C=O) groups excluding carboxylic acids is 1. The van der Waals surface area contributed by atoms with E-state index in [1.165, 1.54) is 6.07 Å². The highest BCUT2D eigenvalue weighted by Gasteiger charge is 2.06. The molecule has 6 heteroatoms. The zero-order valence-electron chi connectivity index (χ0n) is 11.1. The van der Waals surface area contributed by atoms with Crippen molar-refractivity contribution >= 4 is 11.7 Å². The minimum atomic E-state index is -0.407. The Morgan fingerprint density at radius 3 is 2.95 bits per heavy atom. The van der Waals surface area contributed by atoms with Crippen molar-refractivity contribution in [2.45, 2.75) is 19.8 Å². The Morgan fingerprint density at radius 1 is 1.45 bits per heavy atom. The minimum absolute atomic E-state index is 0.185. The molecule has 1 N–H and O–H groups in total. The molecule has 0 aliphatic rings. The second-order valence-corrected chi connectivity index (χ2v) is 4.25. The zero-order chi connectivity index (χ0) is 14.4. The van der Waals surface area contributed by atoms with Crippen molar-refractivity contribution in [3.8, 4) is 5.75 Å². The number of aryl methyl sites for hydroxylation is 1. The van der Waals surface area contributed by atoms with Gasteiger partial charge in [-0.15, -0.1) is 0 Å². The maximum absolute atomic E-state index is 13.2. The molecule has 0 aliphatic carbocycles. The van der Waals surface area contributed by atoms with Crippen molar-refractivity contribution in [1.29, 1.82) is 0 Å². The molecule has 2 rings (SSSR count). The molecule has 0 fully saturated rings. The number of hydrogen-bond acceptors (Lipinski definition) is 4. The third kappa shape index (κ3) is 4.08. The topological polar surface area (TPSA) is 64.4 Å². The predicted molar refractivity (Wildman–Crippen MR) is 71.0 cm³/mol. The number of anilines is 1. The Morgan fingerprint density at radius 2 is 2.25 bits per heavy atom. The summed E-state index contributed by atoms with van der Waals surface area (Å²) in [4.78, 5) is 11.6. The second-order valence-electron chi connectivity index (χ2n) is 4.25. The first-order valence-electron chi connectivity index (χ1n) is 6.25. The van der Waals surface area contributed by atoms with Crippen LogP contribution in [0, 0.1) is 12.7 Å². The van der Waals surface area contributed by atoms with Crippen molar-refractivity contribution in [3.63, 3.8) is 0 Å². The molecule has 0 saturated carbocycles. The van der Waals surface area contributed by atoms with E-state index >= 15 is 0 Å². The summed E-state index contributed by atoms with van der Waals surface area (Å²) < 4.78 is 23.3. The van der Waals surface area contributed by atoms with Gasteiger partial charge in [-0.1, -0.05) is 17.3 Å². The second kappa shape index (κ2) is 6.70. The van der Waals surface area contributed by atoms with Crippen LogP contribution in [0.4, 0.5) is 10.2 Å². The lowest BCUT2D eigenvalue weighted by Crippen LogP contribution is -2.13. The van der Waals surface area contributed by atoms with E-state index < -0.39 is 5.82 Å². The Bertz CT molecular complexity index is 583. The fourth-order valence-corrected chi connectivity index (χ4v) is 1.61. The maximum atomic E-state index is 13.2. The van der Waals surface area contributed by atoms with Gasteiger partial charge in [0, 0.05) is 12.5 Å². The van der Waals surface area contributed by atoms with E-state index in [1.807, 2.05) is 0 Å². The van der Waals surface area contributed by atoms with Gasteiger partial charge >= 0.3 is 0 Å². The van der Waals surface area contributed by atoms with Crippen LogP contribution in [-0.4, -0.2) is 17.7 Å². The largest absolute Gasteiger partial charge is 0.491 e. The summed E-state index contributed by atoms with van der Waals surface area (Å²) in [6.45, 7) is 2.01. The number of ether oxygens (including phenoxy) is 1. The summed E-state index contributed by atoms with van der Waals surface area (Å²) >= 11 is 0. The number of aromatic nitrogens is 1. The summed E-state index contributed by atoms with van der Waals surface area (Å²) in [7, 11) is 0. The number of halogens is 1. The Hall–Kier alpha value is -2.37. The molecule has 0 radical (unpaired) electrons. The first-order valence-corrected chi connectivity index (χ1v) is 6.25. The van der Waals surface area contributed by atoms with E-state index in [-0.39, 0.29) is 24.7 Å². The Kier molecular flexibility index (Phi) is 4.70. The van der Waals surface area contributed by atoms with E-state index in [9.17, 15) is 9.18 Å². The number of carbonyl (C=O) groups is 1. The molecule has 1 aromatic heterocycles. The molecular weight excluding hydrogens is 263 g/mol. The van der Waals surface area contributed by atoms with Crippen LogP contribution in [0.25, 0.3) is 0 Å². The SMILES string of the molecule is Cc1cc(NC(=O)CCCOc2ccccc2F)no1. The lowest BCUT2D eigenvalue weighted by Gasteiger charge is -2.06. The van der Waals surface area contributed by atoms with Gasteiger partial charge in [-0.3, -0.25) is 4.79 Å². The quantitative estimate of drug-likeness (QED) is 0.825. The van der Waals surface area contributed by atoms with Crippen LogP contribution in [0.5, 0.6) is 5.75 Å². The van der Waals surface area contributed by atoms with Crippen molar-refractivity contribution in [2.75, 3.05) is 11.9 Å². The lowest BCUT2D eigenvalue weighted by atomic mass is 10.3. The van der Waals surface area contributed by atoms with E-state index in [0.717, 1.165) is 0 Å². The van der Waals surface area contributed by atoms with E-state index in [1.54, 1.807) is 31.2 Å². The highest BCUT2D eigenvalue weighted by Crippen LogP contribution is 2.15. The summed E-state index contributed by atoms with van der Waals surface area (Å²) in [6, 6.07) is 7.80. The molecule has 0 bridgehead atoms. The van der Waals surface area contributed by atoms with E-state index in [2.05, 4.69) is 10.5 Å². The van der Waals surface area contributed by atoms with Crippen LogP contribution in [-0.2, 0) is 4.79 Å². The molecule has 1 aromatic carbocycles. The predicted octanol–water partition coefficient (Wildman–Crippen LogP) is 2.92. The van der Waals surface area contributed by atoms with Gasteiger partial charge in [0.2, 0.25) is 5.91 Å². The third-order valence-electron chi connectivity index (χ3n) is 2.54. The van der Waals surface area contributed by atoms with Gasteiger partial charge in [-0.25, -0.2) is 4.39 Å². The van der Waals surface area contributed by atoms with Crippen molar-refractivity contribution < 1.29 is 18.4 Å². The molecule has 1 heterocycles. The van der Waals surface area contributed by atoms with Crippen LogP contribution >= 0.6 is 0 Å². The molecule has 20 heavy (non-hydrogen) atoms. The van der Waals surface area contributed by atoms with Crippen molar-refractivity contribution in [3.05, 3.63) is 41.9 Å². The van der Waals surface area contributed by atoms with Crippen LogP contribution < -0.4 is 10.1 Å². The normalized spacial score (nSPS) is 10.3. The van der Waals surface area contributed by atoms with Crippen molar-refractivity contribution in [2.24, 2.45) is 0 Å². The highest BCUT2D eigenvalue weighted by molar-refractivity contribution is 5.89. The van der Waals surface area contributed by atoms with Crippen LogP contribution in [0.1, 0.15) is 18.6 Å². The number of benzene rings is 1. The summed E-state index contributed by atoms with van der Waals surface area (Å²) in [5.41, 5.74) is 0. The van der Waals surface area contributed by atoms with Gasteiger partial charge in [0.05, 0.1) is 6.61 Å². The molecule has 5 nitrogen and oxygen atoms in total. The standard InChI is InChI=1S/C14H15FN2O3/c1-10-9-13(17-20-10)16-14(18)7-4-8-19-12-6-3-2-5-11(12)15/h2-3,5-6,9H,4,7-8H2,1H3,(H,16,17,18). The van der Waals surface area contributed by atoms with Gasteiger partial charge in [0.25, 0.3) is 0 Å². The number of nitrogens with zero attached hydrogens (tertiary/aromatic N) is 1. The summed E-state index contributed by atoms with van der Waals surface area (Å²) in [5, 5.41) is 6.25. The molecule has 1 amide bonds. The fourth-order valence-electron chi connectivity index (χ4n) is 1.61. The van der Waals surface area contributed by atoms with Crippen molar-refractivity contribution in [1.82, 2.24) is 5.16 Å². The molecule has 0 aliphatic heterocycles. The maximum Gasteiger partial charge on any atom is 0.225 e. The van der Waals surface area contributed by atoms with Gasteiger partial charge in [0.15, 0.2) is 17.4 Å². The smallest absolute Gasteiger partial charge is 0.225 e. The first kappa shape index (κ1) is 14.0. The number of hydrogen-bond donors (Lipinski definition) is 1. The minimum Gasteiger partial charge on any atom is -0.491 e. The van der Waals surface area contributed by atoms with Gasteiger partial charge in [0.1, 0.15) is 5.76 Å². The first-order chi connectivity index (χ1) is 9.65. The van der Waals surface area contributed by atoms with Crippen LogP contribution in [0.2, 0.25) is 0 Å². The molecular formula is C14H15FN2O3. The average molecular weight is 278 g/mol. The van der Waals surface area contributed by atoms with Gasteiger partial charge < -0.3 is 14.6 Å². The van der Waals surface area contributed by atoms with Crippen LogP contribution in [0.3, 0.4) is 0 Å². The lowest BCUT2D eigenvalue weighted by molar-refractivity contribution is -0.116. The number of para-hydroxylation sites is 1. The summed E-state index contributed by atoms with van der Waals surface area (Å²) in [6.07, 6.45) is 0.747. The summed E-state index contributed by atoms with van der Waals surface area (Å²) in [5.74, 6) is 0.621. The number of rotatable bonds is 6. The Labute approximate surface area is 115 Å².